The van der Waals surface area contributed by atoms with Gasteiger partial charge in [0.25, 0.3) is 0 Å². The molecule has 0 bridgehead atoms. The van der Waals surface area contributed by atoms with Crippen LogP contribution in [0.15, 0.2) is 0 Å². The molecule has 0 saturated heterocycles. The number of rotatable bonds is 21. The molecule has 45 heavy (non-hydrogen) atoms. The van der Waals surface area contributed by atoms with Crippen molar-refractivity contribution in [2.24, 2.45) is 23.1 Å². The van der Waals surface area contributed by atoms with Crippen molar-refractivity contribution in [1.29, 1.82) is 0 Å². The minimum absolute atomic E-state index is 0.0324. The lowest BCUT2D eigenvalue weighted by atomic mass is 10.1. The second kappa shape index (κ2) is 33.9. The van der Waals surface area contributed by atoms with E-state index in [0.29, 0.717) is 12.8 Å². The lowest BCUT2D eigenvalue weighted by Gasteiger charge is -2.14. The number of imide groups is 1. The summed E-state index contributed by atoms with van der Waals surface area (Å²) in [7, 11) is 0. The average molecular weight is 660 g/mol. The molecule has 268 valence electrons. The van der Waals surface area contributed by atoms with Crippen LogP contribution >= 0.6 is 0 Å². The smallest absolute Gasteiger partial charge is 0.481 e. The van der Waals surface area contributed by atoms with E-state index in [2.05, 4.69) is 29.0 Å². The van der Waals surface area contributed by atoms with Gasteiger partial charge in [-0.1, -0.05) is 98.3 Å². The summed E-state index contributed by atoms with van der Waals surface area (Å²) in [5.41, 5.74) is 14.2. The fourth-order valence-electron chi connectivity index (χ4n) is 3.39. The molecule has 0 aromatic heterocycles. The highest BCUT2D eigenvalue weighted by molar-refractivity contribution is 5.97. The van der Waals surface area contributed by atoms with Gasteiger partial charge in [0.2, 0.25) is 11.8 Å². The van der Waals surface area contributed by atoms with Crippen LogP contribution in [0.25, 0.3) is 0 Å². The first-order valence-electron chi connectivity index (χ1n) is 15.8. The molecule has 0 rings (SSSR count). The largest absolute Gasteiger partial charge is 0.490 e. The minimum atomic E-state index is -5.08. The Bertz CT molecular complexity index is 767. The Balaban J connectivity index is -0.000000399. The molecule has 0 heterocycles. The van der Waals surface area contributed by atoms with Gasteiger partial charge >= 0.3 is 24.1 Å². The van der Waals surface area contributed by atoms with Crippen LogP contribution in [0.3, 0.4) is 0 Å². The third-order valence-electron chi connectivity index (χ3n) is 5.95. The highest BCUT2D eigenvalue weighted by Gasteiger charge is 2.38. The van der Waals surface area contributed by atoms with Gasteiger partial charge in [-0.05, 0) is 38.3 Å². The molecule has 0 fully saturated rings. The number of unbranched alkanes of at least 4 members (excludes halogenated alkanes) is 11. The maximum atomic E-state index is 11.7. The number of hydrogen-bond donors (Lipinski definition) is 7. The molecule has 1 atom stereocenters. The van der Waals surface area contributed by atoms with Gasteiger partial charge in [0, 0.05) is 12.8 Å². The fourth-order valence-corrected chi connectivity index (χ4v) is 3.39. The van der Waals surface area contributed by atoms with E-state index in [0.717, 1.165) is 25.9 Å². The first kappa shape index (κ1) is 49.0. The van der Waals surface area contributed by atoms with Gasteiger partial charge in [-0.2, -0.15) is 13.2 Å². The van der Waals surface area contributed by atoms with E-state index in [9.17, 15) is 27.6 Å². The summed E-state index contributed by atoms with van der Waals surface area (Å²) in [5, 5.41) is 20.8. The third kappa shape index (κ3) is 48.2. The first-order chi connectivity index (χ1) is 20.9. The molecule has 0 aliphatic heterocycles. The lowest BCUT2D eigenvalue weighted by Crippen LogP contribution is -2.46. The van der Waals surface area contributed by atoms with Crippen molar-refractivity contribution in [2.75, 3.05) is 13.1 Å². The second-order valence-electron chi connectivity index (χ2n) is 10.8. The lowest BCUT2D eigenvalue weighted by molar-refractivity contribution is -0.192. The van der Waals surface area contributed by atoms with E-state index < -0.39 is 30.2 Å². The molecule has 0 aromatic carbocycles. The van der Waals surface area contributed by atoms with E-state index in [-0.39, 0.29) is 17.7 Å². The van der Waals surface area contributed by atoms with Gasteiger partial charge in [-0.25, -0.2) is 9.59 Å². The van der Waals surface area contributed by atoms with E-state index >= 15 is 0 Å². The Labute approximate surface area is 266 Å². The predicted molar refractivity (Wildman–Crippen MR) is 169 cm³/mol. The second-order valence-corrected chi connectivity index (χ2v) is 10.8. The summed E-state index contributed by atoms with van der Waals surface area (Å²) in [6, 6.07) is -1.45. The number of nitrogens with two attached hydrogens (primary N) is 3. The molecule has 0 aromatic rings. The topological polar surface area (TPSA) is 228 Å². The number of hydrogen-bond acceptors (Lipinski definition) is 7. The van der Waals surface area contributed by atoms with Crippen LogP contribution in [0, 0.1) is 5.92 Å². The van der Waals surface area contributed by atoms with Crippen molar-refractivity contribution in [3.63, 3.8) is 0 Å². The number of amides is 4. The minimum Gasteiger partial charge on any atom is -0.481 e. The Morgan fingerprint density at radius 3 is 1.38 bits per heavy atom. The van der Waals surface area contributed by atoms with Gasteiger partial charge in [0.15, 0.2) is 0 Å². The molecular weight excluding hydrogens is 599 g/mol. The zero-order chi connectivity index (χ0) is 35.7. The number of halogens is 3. The number of carbonyl (C=O) groups excluding carboxylic acids is 3. The standard InChI is InChI=1S/C23H47N3O2.C4H8O2.C2HF3O2.CH4N2O/c1-4-5-6-7-8-9-10-11-12-13-14-15-18-25-19-16-17-21(27)26-23(28)22(24)20(2)3;1-2-3-4(5)6;3-2(4,5)1(6)7;2-1(3)4/h20,22,25H,4-19,24H2,1-3H3,(H,26,27,28);2-3H2,1H3,(H,5,6);(H,6,7);(H4,2,3,4). The SMILES string of the molecule is CCCC(=O)O.CCCCCCCCCCCCCCNCCCC(=O)NC(=O)C(N)C(C)C.NC(N)=O.O=C(O)C(F)(F)F. The van der Waals surface area contributed by atoms with Crippen molar-refractivity contribution in [3.05, 3.63) is 0 Å². The first-order valence-corrected chi connectivity index (χ1v) is 15.8. The third-order valence-corrected chi connectivity index (χ3v) is 5.95. The van der Waals surface area contributed by atoms with Crippen LogP contribution in [-0.4, -0.2) is 65.3 Å². The summed E-state index contributed by atoms with van der Waals surface area (Å²) in [6.45, 7) is 9.67. The average Bonchev–Trinajstić information content (AvgIpc) is 2.92. The number of aliphatic carboxylic acids is 2. The summed E-state index contributed by atoms with van der Waals surface area (Å²) < 4.78 is 31.7. The number of carbonyl (C=O) groups is 5. The normalized spacial score (nSPS) is 11.0. The highest BCUT2D eigenvalue weighted by Crippen LogP contribution is 2.13. The van der Waals surface area contributed by atoms with Crippen LogP contribution < -0.4 is 27.8 Å². The molecule has 4 amide bonds. The number of carboxylic acids is 2. The molecule has 1 unspecified atom stereocenters. The Morgan fingerprint density at radius 1 is 0.689 bits per heavy atom. The Morgan fingerprint density at radius 2 is 1.07 bits per heavy atom. The van der Waals surface area contributed by atoms with E-state index in [1.807, 2.05) is 20.8 Å². The number of urea groups is 1. The molecule has 0 aliphatic rings. The van der Waals surface area contributed by atoms with E-state index in [1.54, 1.807) is 0 Å². The zero-order valence-electron chi connectivity index (χ0n) is 27.7. The zero-order valence-corrected chi connectivity index (χ0v) is 27.7. The quantitative estimate of drug-likeness (QED) is 0.0801. The number of nitrogens with one attached hydrogen (secondary N) is 2. The van der Waals surface area contributed by atoms with E-state index in [1.165, 1.54) is 77.0 Å². The number of carboxylic acid groups (broad SMARTS) is 2. The molecule has 0 saturated carbocycles. The summed E-state index contributed by atoms with van der Waals surface area (Å²) in [5.74, 6) is -4.03. The van der Waals surface area contributed by atoms with Gasteiger partial charge < -0.3 is 32.7 Å². The Kier molecular flexibility index (Phi) is 36.9. The maximum absolute atomic E-state index is 11.7. The van der Waals surface area contributed by atoms with Crippen LogP contribution in [0.1, 0.15) is 130 Å². The molecule has 0 radical (unpaired) electrons. The van der Waals surface area contributed by atoms with Gasteiger partial charge in [-0.15, -0.1) is 0 Å². The molecule has 12 nitrogen and oxygen atoms in total. The van der Waals surface area contributed by atoms with Crippen LogP contribution in [0.2, 0.25) is 0 Å². The van der Waals surface area contributed by atoms with Crippen LogP contribution in [0.4, 0.5) is 18.0 Å². The predicted octanol–water partition coefficient (Wildman–Crippen LogP) is 5.21. The number of primary amides is 2. The van der Waals surface area contributed by atoms with Crippen molar-refractivity contribution in [3.8, 4) is 0 Å². The maximum Gasteiger partial charge on any atom is 0.490 e. The fraction of sp³-hybridized carbons (Fsp3) is 0.833. The molecule has 0 aliphatic carbocycles. The van der Waals surface area contributed by atoms with Crippen LogP contribution in [-0.2, 0) is 19.2 Å². The molecule has 10 N–H and O–H groups in total. The highest BCUT2D eigenvalue weighted by atomic mass is 19.4. The summed E-state index contributed by atoms with van der Waals surface area (Å²) >= 11 is 0. The molecule has 0 spiro atoms. The van der Waals surface area contributed by atoms with Gasteiger partial charge in [0.1, 0.15) is 0 Å². The Hall–Kier alpha value is -2.94. The van der Waals surface area contributed by atoms with Crippen molar-refractivity contribution in [1.82, 2.24) is 10.6 Å². The van der Waals surface area contributed by atoms with Crippen molar-refractivity contribution < 1.29 is 47.4 Å². The van der Waals surface area contributed by atoms with Crippen molar-refractivity contribution in [2.45, 2.75) is 143 Å². The van der Waals surface area contributed by atoms with Crippen molar-refractivity contribution >= 4 is 29.8 Å². The molecular formula is C30H60F3N5O7. The monoisotopic (exact) mass is 659 g/mol. The van der Waals surface area contributed by atoms with Gasteiger partial charge in [-0.3, -0.25) is 19.7 Å². The van der Waals surface area contributed by atoms with Gasteiger partial charge in [0.05, 0.1) is 6.04 Å². The number of alkyl halides is 3. The summed E-state index contributed by atoms with van der Waals surface area (Å²) in [4.78, 5) is 50.9. The molecule has 15 heteroatoms. The van der Waals surface area contributed by atoms with E-state index in [4.69, 9.17) is 25.5 Å². The summed E-state index contributed by atoms with van der Waals surface area (Å²) in [6.07, 6.45) is 13.4. The van der Waals surface area contributed by atoms with Crippen LogP contribution in [0.5, 0.6) is 0 Å².